The summed E-state index contributed by atoms with van der Waals surface area (Å²) in [6.45, 7) is 18.0. The summed E-state index contributed by atoms with van der Waals surface area (Å²) in [4.78, 5) is 38.0. The first-order valence-electron chi connectivity index (χ1n) is 22.8. The minimum absolute atomic E-state index is 0.0232. The summed E-state index contributed by atoms with van der Waals surface area (Å²) in [6, 6.07) is 8.77. The quantitative estimate of drug-likeness (QED) is 0.0247. The van der Waals surface area contributed by atoms with Crippen LogP contribution < -0.4 is 0 Å². The normalized spacial score (nSPS) is 16.5. The Balaban J connectivity index is 0.000000216. The zero-order valence-corrected chi connectivity index (χ0v) is 41.8. The first-order chi connectivity index (χ1) is 31.6. The minimum atomic E-state index is -0.120. The molecule has 2 fully saturated rings. The van der Waals surface area contributed by atoms with Crippen molar-refractivity contribution in [3.63, 3.8) is 0 Å². The Morgan fingerprint density at radius 3 is 1.54 bits per heavy atom. The van der Waals surface area contributed by atoms with Crippen LogP contribution in [-0.4, -0.2) is 95.8 Å². The van der Waals surface area contributed by atoms with Crippen LogP contribution in [0.1, 0.15) is 98.8 Å². The second-order valence-electron chi connectivity index (χ2n) is 16.9. The minimum Gasteiger partial charge on any atom is -0.465 e. The van der Waals surface area contributed by atoms with Gasteiger partial charge in [-0.15, -0.1) is 50.4 Å². The van der Waals surface area contributed by atoms with Crippen LogP contribution in [0.5, 0.6) is 0 Å². The van der Waals surface area contributed by atoms with Crippen molar-refractivity contribution in [3.05, 3.63) is 122 Å². The van der Waals surface area contributed by atoms with Gasteiger partial charge in [0.15, 0.2) is 0 Å². The summed E-state index contributed by atoms with van der Waals surface area (Å²) in [5.41, 5.74) is 17.2. The molecular weight excluding hydrogens is 893 g/mol. The van der Waals surface area contributed by atoms with E-state index in [0.29, 0.717) is 32.7 Å². The van der Waals surface area contributed by atoms with Crippen LogP contribution in [0.15, 0.2) is 69.2 Å². The van der Waals surface area contributed by atoms with Crippen LogP contribution >= 0.6 is 45.3 Å². The highest BCUT2D eigenvalue weighted by molar-refractivity contribution is 7.14. The lowest BCUT2D eigenvalue weighted by atomic mass is 9.98. The van der Waals surface area contributed by atoms with Gasteiger partial charge in [-0.05, 0) is 166 Å². The molecule has 2 atom stereocenters. The average molecular weight is 957 g/mol. The number of rotatable bonds is 20. The first kappa shape index (κ1) is 50.0. The summed E-state index contributed by atoms with van der Waals surface area (Å²) in [5, 5.41) is 20.2. The molecule has 0 aromatic carbocycles. The van der Waals surface area contributed by atoms with Crippen molar-refractivity contribution in [2.45, 2.75) is 92.5 Å². The standard InChI is InChI=1S/C26H34N4O2S2.C23H30N4O2S2/c1-19-9-15-33-24(19)23(25-20(2)10-16-34-25)8-5-12-29-11-4-7-22(18-29)26(31)32-14-6-13-30-17-21(3)27-28-30;1-17-8-14-30-21(17)20(22-18(2)9-15-31-22)7-4-12-27-11-3-6-19(16-27)23(28)29-13-5-10-25-26-24/h8-10,15-17,22H,4-7,11-14,18H2,1-3H3;7-9,14-15,19H,3-6,10-13,16H2,1-2H3/t22-;19-/m01/s1. The van der Waals surface area contributed by atoms with Crippen LogP contribution in [0.4, 0.5) is 0 Å². The second kappa shape index (κ2) is 26.1. The maximum Gasteiger partial charge on any atom is 0.310 e. The smallest absolute Gasteiger partial charge is 0.310 e. The Morgan fingerprint density at radius 2 is 1.15 bits per heavy atom. The van der Waals surface area contributed by atoms with Gasteiger partial charge < -0.3 is 19.3 Å². The SMILES string of the molecule is Cc1ccsc1C(=CCCN1CCC[C@@H](C(=O)OCCCN=[N+]=[N-])C1)c1sccc1C.Cc1cn(CCCOC(=O)[C@H]2CCCN(CCC=C(c3sccc3C)c3sccc3C)C2)nn1. The molecule has 2 aliphatic heterocycles. The predicted octanol–water partition coefficient (Wildman–Crippen LogP) is 11.7. The van der Waals surface area contributed by atoms with Gasteiger partial charge in [0.05, 0.1) is 30.7 Å². The molecule has 348 valence electrons. The number of carbonyl (C=O) groups is 2. The zero-order chi connectivity index (χ0) is 46.0. The van der Waals surface area contributed by atoms with Gasteiger partial charge in [-0.25, -0.2) is 0 Å². The number of thiophene rings is 4. The predicted molar refractivity (Wildman–Crippen MR) is 268 cm³/mol. The fraction of sp³-hybridized carbons (Fsp3) is 0.510. The second-order valence-corrected chi connectivity index (χ2v) is 20.6. The van der Waals surface area contributed by atoms with Crippen molar-refractivity contribution >= 4 is 68.4 Å². The number of carbonyl (C=O) groups excluding carboxylic acids is 2. The van der Waals surface area contributed by atoms with E-state index in [-0.39, 0.29) is 23.8 Å². The molecule has 2 saturated heterocycles. The van der Waals surface area contributed by atoms with Gasteiger partial charge >= 0.3 is 11.9 Å². The van der Waals surface area contributed by atoms with Gasteiger partial charge in [0.25, 0.3) is 0 Å². The third-order valence-corrected chi connectivity index (χ3v) is 16.0. The molecule has 7 heterocycles. The van der Waals surface area contributed by atoms with Crippen LogP contribution in [0.3, 0.4) is 0 Å². The van der Waals surface area contributed by atoms with Crippen molar-refractivity contribution in [1.82, 2.24) is 24.8 Å². The number of nitrogens with zero attached hydrogens (tertiary/aromatic N) is 8. The lowest BCUT2D eigenvalue weighted by Crippen LogP contribution is -2.39. The molecule has 16 heteroatoms. The highest BCUT2D eigenvalue weighted by atomic mass is 32.1. The van der Waals surface area contributed by atoms with Crippen molar-refractivity contribution in [2.75, 3.05) is 59.0 Å². The third-order valence-electron chi connectivity index (χ3n) is 11.8. The number of azide groups is 1. The Labute approximate surface area is 400 Å². The van der Waals surface area contributed by atoms with Gasteiger partial charge in [0.2, 0.25) is 0 Å². The molecule has 0 spiro atoms. The molecule has 0 amide bonds. The molecule has 0 unspecified atom stereocenters. The third kappa shape index (κ3) is 15.1. The summed E-state index contributed by atoms with van der Waals surface area (Å²) >= 11 is 7.25. The zero-order valence-electron chi connectivity index (χ0n) is 38.6. The van der Waals surface area contributed by atoms with Crippen LogP contribution in [0.25, 0.3) is 21.6 Å². The monoisotopic (exact) mass is 956 g/mol. The highest BCUT2D eigenvalue weighted by Gasteiger charge is 2.28. The van der Waals surface area contributed by atoms with E-state index in [0.717, 1.165) is 89.9 Å². The van der Waals surface area contributed by atoms with E-state index in [9.17, 15) is 9.59 Å². The molecule has 0 bridgehead atoms. The van der Waals surface area contributed by atoms with E-state index < -0.39 is 0 Å². The van der Waals surface area contributed by atoms with Gasteiger partial charge in [-0.1, -0.05) is 22.5 Å². The van der Waals surface area contributed by atoms with Gasteiger partial charge in [-0.2, -0.15) is 0 Å². The topological polar surface area (TPSA) is 139 Å². The molecule has 0 radical (unpaired) electrons. The molecule has 5 aromatic rings. The number of esters is 2. The van der Waals surface area contributed by atoms with E-state index >= 15 is 0 Å². The van der Waals surface area contributed by atoms with Gasteiger partial charge in [0.1, 0.15) is 0 Å². The largest absolute Gasteiger partial charge is 0.465 e. The number of likely N-dealkylation sites (tertiary alicyclic amines) is 2. The number of piperidine rings is 2. The lowest BCUT2D eigenvalue weighted by Gasteiger charge is -2.31. The van der Waals surface area contributed by atoms with E-state index in [1.165, 1.54) is 52.9 Å². The lowest BCUT2D eigenvalue weighted by molar-refractivity contribution is -0.151. The Bertz CT molecular complexity index is 2300. The summed E-state index contributed by atoms with van der Waals surface area (Å²) in [5.74, 6) is -0.259. The number of ether oxygens (including phenoxy) is 2. The van der Waals surface area contributed by atoms with Crippen molar-refractivity contribution in [2.24, 2.45) is 17.0 Å². The van der Waals surface area contributed by atoms with Crippen LogP contribution in [0, 0.1) is 46.5 Å². The molecular formula is C49H64N8O4S4. The molecule has 12 nitrogen and oxygen atoms in total. The van der Waals surface area contributed by atoms with E-state index in [4.69, 9.17) is 15.0 Å². The molecule has 7 rings (SSSR count). The first-order valence-corrected chi connectivity index (χ1v) is 26.4. The number of hydrogen-bond acceptors (Lipinski definition) is 13. The van der Waals surface area contributed by atoms with Crippen molar-refractivity contribution in [1.29, 1.82) is 0 Å². The number of hydrogen-bond donors (Lipinski definition) is 0. The molecule has 0 aliphatic carbocycles. The highest BCUT2D eigenvalue weighted by Crippen LogP contribution is 2.37. The molecule has 0 N–H and O–H groups in total. The molecule has 5 aromatic heterocycles. The van der Waals surface area contributed by atoms with Crippen LogP contribution in [0.2, 0.25) is 0 Å². The molecule has 0 saturated carbocycles. The maximum absolute atomic E-state index is 12.6. The average Bonchev–Trinajstić information content (AvgIpc) is 4.18. The number of aryl methyl sites for hydroxylation is 6. The molecule has 2 aliphatic rings. The van der Waals surface area contributed by atoms with Crippen molar-refractivity contribution < 1.29 is 19.1 Å². The van der Waals surface area contributed by atoms with Gasteiger partial charge in [-0.3, -0.25) is 14.3 Å². The van der Waals surface area contributed by atoms with Crippen molar-refractivity contribution in [3.8, 4) is 0 Å². The maximum atomic E-state index is 12.6. The fourth-order valence-electron chi connectivity index (χ4n) is 8.35. The Hall–Kier alpha value is -4.41. The van der Waals surface area contributed by atoms with E-state index in [2.05, 4.69) is 116 Å². The summed E-state index contributed by atoms with van der Waals surface area (Å²) < 4.78 is 12.8. The summed E-state index contributed by atoms with van der Waals surface area (Å²) in [7, 11) is 0. The van der Waals surface area contributed by atoms with Gasteiger partial charge in [0, 0.05) is 87.5 Å². The fourth-order valence-corrected chi connectivity index (χ4v) is 12.4. The Kier molecular flexibility index (Phi) is 20.1. The summed E-state index contributed by atoms with van der Waals surface area (Å²) in [6.07, 6.45) is 13.8. The van der Waals surface area contributed by atoms with E-state index in [1.54, 1.807) is 27.4 Å². The van der Waals surface area contributed by atoms with E-state index in [1.807, 2.05) is 35.8 Å². The molecule has 65 heavy (non-hydrogen) atoms. The van der Waals surface area contributed by atoms with Crippen LogP contribution in [-0.2, 0) is 25.6 Å². The number of aromatic nitrogens is 3. The Morgan fingerprint density at radius 1 is 0.708 bits per heavy atom.